The van der Waals surface area contributed by atoms with Gasteiger partial charge in [0.15, 0.2) is 0 Å². The summed E-state index contributed by atoms with van der Waals surface area (Å²) in [5.41, 5.74) is 16.9. The summed E-state index contributed by atoms with van der Waals surface area (Å²) in [6.45, 7) is 13.1. The van der Waals surface area contributed by atoms with Gasteiger partial charge in [0.05, 0.1) is 68.5 Å². The molecular weight excluding hydrogens is 1830 g/mol. The molecule has 6 aliphatic rings. The van der Waals surface area contributed by atoms with Gasteiger partial charge in [0.1, 0.15) is 17.2 Å². The van der Waals surface area contributed by atoms with Crippen molar-refractivity contribution in [3.05, 3.63) is 200 Å². The smallest absolute Gasteiger partial charge is 1.00 e. The number of para-hydroxylation sites is 6. The zero-order chi connectivity index (χ0) is 73.5. The Balaban J connectivity index is 0.000000192. The van der Waals surface area contributed by atoms with Crippen LogP contribution in [0.15, 0.2) is 200 Å². The number of halogens is 4. The third kappa shape index (κ3) is 20.9. The third-order valence-corrected chi connectivity index (χ3v) is 35.8. The second kappa shape index (κ2) is 45.4. The van der Waals surface area contributed by atoms with Crippen LogP contribution >= 0.6 is 23.8 Å². The van der Waals surface area contributed by atoms with Gasteiger partial charge in [-0.3, -0.25) is 0 Å². The van der Waals surface area contributed by atoms with Gasteiger partial charge in [-0.2, -0.15) is 0 Å². The van der Waals surface area contributed by atoms with E-state index < -0.39 is 0 Å². The standard InChI is InChI=1S/3C33H40NOP.4ClH.3Pd/c3*1-24(2)35-32-23-13-22-31(34-29-20-11-9-18-27(29)28-19-10-12-21-30(28)34)33(32)36(25-14-5-3-6-15-25)26-16-7-4-8-17-26;;;;;;;/h3*9-13,18-26H,3-8,14-17H2,1-2H3;4*1H;;;/q;;;;;;;3*+2/p-4. The molecule has 16 heteroatoms. The Morgan fingerprint density at radius 2 is 0.391 bits per heavy atom. The van der Waals surface area contributed by atoms with Crippen LogP contribution in [0.4, 0.5) is 0 Å². The molecule has 6 fully saturated rings. The van der Waals surface area contributed by atoms with Crippen LogP contribution in [0.25, 0.3) is 82.5 Å². The molecule has 18 rings (SSSR count). The van der Waals surface area contributed by atoms with Crippen molar-refractivity contribution >= 4 is 105 Å². The van der Waals surface area contributed by atoms with Crippen LogP contribution in [-0.2, 0) is 61.3 Å². The van der Waals surface area contributed by atoms with E-state index >= 15 is 0 Å². The van der Waals surface area contributed by atoms with Crippen molar-refractivity contribution in [2.75, 3.05) is 0 Å². The van der Waals surface area contributed by atoms with E-state index in [0.29, 0.717) is 0 Å². The number of rotatable bonds is 18. The molecule has 0 amide bonds. The maximum Gasteiger partial charge on any atom is 2.00 e. The van der Waals surface area contributed by atoms with E-state index in [4.69, 9.17) is 14.2 Å². The van der Waals surface area contributed by atoms with E-state index in [1.54, 1.807) is 15.9 Å². The summed E-state index contributed by atoms with van der Waals surface area (Å²) in [6, 6.07) is 74.4. The van der Waals surface area contributed by atoms with Crippen LogP contribution in [0.2, 0.25) is 0 Å². The minimum atomic E-state index is -0.326. The largest absolute Gasteiger partial charge is 2.00 e. The number of ether oxygens (including phenoxy) is 3. The fraction of sp³-hybridized carbons (Fsp3) is 0.455. The molecule has 6 aliphatic carbocycles. The van der Waals surface area contributed by atoms with Crippen LogP contribution in [0.5, 0.6) is 17.2 Å². The van der Waals surface area contributed by atoms with E-state index in [1.807, 2.05) is 0 Å². The Morgan fingerprint density at radius 1 is 0.226 bits per heavy atom. The van der Waals surface area contributed by atoms with E-state index in [0.717, 1.165) is 51.2 Å². The SMILES string of the molecule is CC(C)Oc1cccc(-n2c3ccccc3c3ccccc32)c1P(C1CCCCC1)C1CCCCC1.CC(C)Oc1cccc(-n2c3ccccc3c3ccccc32)c1P(C1CCCCC1)C1CCCCC1.CC(C)Oc1cccc(-n2c3ccccc3c3ccccc32)c1P(C1CCCCC1)C1CCCCC1.[Cl-].[Cl-].[Cl-].[Cl-].[Pd+2].[Pd+2].[Pd+2]. The number of hydrogen-bond acceptors (Lipinski definition) is 3. The second-order valence-corrected chi connectivity index (χ2v) is 41.6. The fourth-order valence-corrected chi connectivity index (χ4v) is 32.6. The predicted octanol–water partition coefficient (Wildman–Crippen LogP) is 16.0. The first-order chi connectivity index (χ1) is 53.2. The van der Waals surface area contributed by atoms with Crippen LogP contribution < -0.4 is 79.8 Å². The van der Waals surface area contributed by atoms with Crippen molar-refractivity contribution in [1.29, 1.82) is 0 Å². The van der Waals surface area contributed by atoms with Crippen LogP contribution in [0.1, 0.15) is 234 Å². The van der Waals surface area contributed by atoms with Gasteiger partial charge in [0.25, 0.3) is 0 Å². The van der Waals surface area contributed by atoms with Crippen molar-refractivity contribution in [3.63, 3.8) is 0 Å². The molecule has 9 aromatic carbocycles. The van der Waals surface area contributed by atoms with Crippen molar-refractivity contribution in [2.24, 2.45) is 0 Å². The maximum absolute atomic E-state index is 6.67. The number of aromatic nitrogens is 3. The van der Waals surface area contributed by atoms with E-state index in [-0.39, 0.29) is 153 Å². The van der Waals surface area contributed by atoms with Gasteiger partial charge in [-0.25, -0.2) is 0 Å². The van der Waals surface area contributed by atoms with E-state index in [1.165, 1.54) is 275 Å². The molecule has 6 nitrogen and oxygen atoms in total. The Labute approximate surface area is 757 Å². The minimum absolute atomic E-state index is 0. The molecule has 0 atom stereocenters. The summed E-state index contributed by atoms with van der Waals surface area (Å²) < 4.78 is 27.7. The molecule has 3 heterocycles. The molecular formula is C99H120Cl4N3O3P3Pd3+2. The van der Waals surface area contributed by atoms with E-state index in [9.17, 15) is 0 Å². The Hall–Kier alpha value is -3.78. The summed E-state index contributed by atoms with van der Waals surface area (Å²) in [7, 11) is -0.977. The zero-order valence-electron chi connectivity index (χ0n) is 68.3. The predicted molar refractivity (Wildman–Crippen MR) is 471 cm³/mol. The van der Waals surface area contributed by atoms with Crippen molar-refractivity contribution < 1.29 is 125 Å². The van der Waals surface area contributed by atoms with Gasteiger partial charge in [-0.05, 0) is 225 Å². The monoisotopic (exact) mass is 1950 g/mol. The average Bonchev–Trinajstić information content (AvgIpc) is 1.63. The van der Waals surface area contributed by atoms with Crippen LogP contribution in [0, 0.1) is 0 Å². The molecule has 0 spiro atoms. The first kappa shape index (κ1) is 95.1. The number of nitrogens with zero attached hydrogens (tertiary/aromatic N) is 3. The first-order valence-electron chi connectivity index (χ1n) is 42.9. The quantitative estimate of drug-likeness (QED) is 0.0635. The molecule has 6 saturated carbocycles. The van der Waals surface area contributed by atoms with Crippen LogP contribution in [0.3, 0.4) is 0 Å². The Kier molecular flexibility index (Phi) is 37.5. The third-order valence-electron chi connectivity index (χ3n) is 25.1. The summed E-state index contributed by atoms with van der Waals surface area (Å²) in [5.74, 6) is 3.44. The van der Waals surface area contributed by atoms with Gasteiger partial charge in [0, 0.05) is 48.2 Å². The molecule has 0 radical (unpaired) electrons. The molecule has 0 saturated heterocycles. The Morgan fingerprint density at radius 3 is 0.557 bits per heavy atom. The summed E-state index contributed by atoms with van der Waals surface area (Å²) in [4.78, 5) is 0. The van der Waals surface area contributed by atoms with Gasteiger partial charge < -0.3 is 77.5 Å². The molecule has 0 aliphatic heterocycles. The molecule has 0 unspecified atom stereocenters. The molecule has 115 heavy (non-hydrogen) atoms. The summed E-state index contributed by atoms with van der Waals surface area (Å²) in [6.07, 6.45) is 42.5. The molecule has 620 valence electrons. The topological polar surface area (TPSA) is 42.5 Å². The maximum atomic E-state index is 6.67. The summed E-state index contributed by atoms with van der Waals surface area (Å²) >= 11 is 0. The fourth-order valence-electron chi connectivity index (χ4n) is 20.6. The number of fused-ring (bicyclic) bond motifs is 9. The average molecular weight is 1950 g/mol. The molecule has 0 bridgehead atoms. The van der Waals surface area contributed by atoms with Gasteiger partial charge in [0.2, 0.25) is 0 Å². The molecule has 3 aromatic heterocycles. The van der Waals surface area contributed by atoms with Crippen LogP contribution in [-0.4, -0.2) is 66.0 Å². The molecule has 12 aromatic rings. The Bertz CT molecular complexity index is 4300. The molecule has 0 N–H and O–H groups in total. The number of benzene rings is 9. The second-order valence-electron chi connectivity index (χ2n) is 33.5. The van der Waals surface area contributed by atoms with Gasteiger partial charge in [-0.1, -0.05) is 267 Å². The van der Waals surface area contributed by atoms with Gasteiger partial charge >= 0.3 is 61.3 Å². The van der Waals surface area contributed by atoms with E-state index in [2.05, 4.69) is 255 Å². The van der Waals surface area contributed by atoms with Crippen molar-refractivity contribution in [3.8, 4) is 34.3 Å². The summed E-state index contributed by atoms with van der Waals surface area (Å²) in [5, 5.41) is 12.7. The minimum Gasteiger partial charge on any atom is -1.00 e. The zero-order valence-corrected chi connectivity index (χ0v) is 78.7. The normalized spacial score (nSPS) is 16.9. The van der Waals surface area contributed by atoms with Crippen molar-refractivity contribution in [1.82, 2.24) is 13.7 Å². The van der Waals surface area contributed by atoms with Crippen molar-refractivity contribution in [2.45, 2.75) is 286 Å². The van der Waals surface area contributed by atoms with Gasteiger partial charge in [-0.15, -0.1) is 0 Å². The first-order valence-corrected chi connectivity index (χ1v) is 47.3. The number of hydrogen-bond donors (Lipinski definition) is 0.